The lowest BCUT2D eigenvalue weighted by atomic mass is 9.71. The molecule has 0 radical (unpaired) electrons. The van der Waals surface area contributed by atoms with Gasteiger partial charge in [0, 0.05) is 34.8 Å². The summed E-state index contributed by atoms with van der Waals surface area (Å²) in [6, 6.07) is 39.5. The fourth-order valence-corrected chi connectivity index (χ4v) is 12.8. The molecular weight excluding hydrogens is 793 g/mol. The Balaban J connectivity index is 1.24. The first kappa shape index (κ1) is 41.5. The van der Waals surface area contributed by atoms with E-state index in [-0.39, 0.29) is 0 Å². The van der Waals surface area contributed by atoms with E-state index in [0.717, 1.165) is 48.9 Å². The average Bonchev–Trinajstić information content (AvgIpc) is 3.18. The number of rotatable bonds is 14. The second kappa shape index (κ2) is 18.4. The van der Waals surface area contributed by atoms with Crippen LogP contribution in [0.15, 0.2) is 139 Å². The van der Waals surface area contributed by atoms with Crippen LogP contribution in [0.5, 0.6) is 17.2 Å². The van der Waals surface area contributed by atoms with Crippen molar-refractivity contribution in [3.63, 3.8) is 0 Å². The van der Waals surface area contributed by atoms with Crippen LogP contribution in [0.25, 0.3) is 0 Å². The number of phenolic OH excluding ortho intramolecular Hbond substituents is 2. The Morgan fingerprint density at radius 3 is 0.945 bits per heavy atom. The van der Waals surface area contributed by atoms with Gasteiger partial charge >= 0.3 is 0 Å². The van der Waals surface area contributed by atoms with Gasteiger partial charge in [0.2, 0.25) is 0 Å². The number of hydrogen-bond donors (Lipinski definition) is 2. The number of ether oxygens (including phenoxy) is 1. The summed E-state index contributed by atoms with van der Waals surface area (Å²) in [7, 11) is 10.4. The topological polar surface area (TPSA) is 49.7 Å². The molecule has 0 aromatic heterocycles. The fraction of sp³-hybridized carbons (Fsp3) is 0.217. The van der Waals surface area contributed by atoms with Crippen molar-refractivity contribution in [2.24, 2.45) is 0 Å². The third-order valence-corrected chi connectivity index (χ3v) is 16.8. The monoisotopic (exact) mass is 838 g/mol. The number of phenols is 2. The maximum Gasteiger partial charge on any atom is 0.125 e. The molecular formula is C46H46O3S6. The molecule has 9 heteroatoms. The summed E-state index contributed by atoms with van der Waals surface area (Å²) in [5.41, 5.74) is 9.18. The zero-order chi connectivity index (χ0) is 39.3. The van der Waals surface area contributed by atoms with Crippen LogP contribution in [0.4, 0.5) is 0 Å². The molecule has 6 aromatic rings. The summed E-state index contributed by atoms with van der Waals surface area (Å²) in [5, 5.41) is 20.4. The molecule has 0 unspecified atom stereocenters. The highest BCUT2D eigenvalue weighted by atomic mass is 33.1. The molecule has 0 aliphatic rings. The van der Waals surface area contributed by atoms with Crippen molar-refractivity contribution in [3.8, 4) is 17.2 Å². The second-order valence-corrected chi connectivity index (χ2v) is 20.7. The van der Waals surface area contributed by atoms with Gasteiger partial charge in [-0.15, -0.1) is 0 Å². The normalized spacial score (nSPS) is 11.6. The number of hydrogen-bond acceptors (Lipinski definition) is 9. The van der Waals surface area contributed by atoms with Crippen LogP contribution < -0.4 is 4.74 Å². The van der Waals surface area contributed by atoms with Gasteiger partial charge in [-0.05, 0) is 178 Å². The maximum atomic E-state index is 10.2. The van der Waals surface area contributed by atoms with Gasteiger partial charge in [-0.1, -0.05) is 101 Å². The first-order valence-corrected chi connectivity index (χ1v) is 24.5. The van der Waals surface area contributed by atoms with Crippen LogP contribution in [0.1, 0.15) is 63.9 Å². The van der Waals surface area contributed by atoms with Gasteiger partial charge in [0.1, 0.15) is 17.2 Å². The van der Waals surface area contributed by atoms with Crippen molar-refractivity contribution in [2.45, 2.75) is 90.2 Å². The molecule has 0 aliphatic carbocycles. The van der Waals surface area contributed by atoms with E-state index in [1.807, 2.05) is 58.9 Å². The quantitative estimate of drug-likeness (QED) is 0.0825. The molecule has 0 bridgehead atoms. The molecule has 0 atom stereocenters. The van der Waals surface area contributed by atoms with Gasteiger partial charge in [0.25, 0.3) is 0 Å². The predicted octanol–water partition coefficient (Wildman–Crippen LogP) is 15.1. The Bertz CT molecular complexity index is 2090. The van der Waals surface area contributed by atoms with Gasteiger partial charge in [-0.25, -0.2) is 0 Å². The highest BCUT2D eigenvalue weighted by Crippen LogP contribution is 2.46. The Morgan fingerprint density at radius 2 is 0.673 bits per heavy atom. The van der Waals surface area contributed by atoms with Crippen molar-refractivity contribution >= 4 is 64.8 Å². The average molecular weight is 839 g/mol. The summed E-state index contributed by atoms with van der Waals surface area (Å²) in [4.78, 5) is 7.02. The minimum Gasteiger partial charge on any atom is -0.507 e. The van der Waals surface area contributed by atoms with E-state index in [2.05, 4.69) is 106 Å². The van der Waals surface area contributed by atoms with Crippen molar-refractivity contribution in [1.29, 1.82) is 0 Å². The van der Waals surface area contributed by atoms with Crippen molar-refractivity contribution in [1.82, 2.24) is 0 Å². The van der Waals surface area contributed by atoms with Crippen LogP contribution in [-0.4, -0.2) is 16.8 Å². The van der Waals surface area contributed by atoms with Crippen molar-refractivity contribution in [3.05, 3.63) is 159 Å². The highest BCUT2D eigenvalue weighted by Gasteiger charge is 2.31. The third kappa shape index (κ3) is 9.86. The minimum atomic E-state index is -0.400. The number of aromatic hydroxyl groups is 2. The van der Waals surface area contributed by atoms with Crippen LogP contribution in [-0.2, 0) is 5.41 Å². The minimum absolute atomic E-state index is 0.370. The zero-order valence-electron chi connectivity index (χ0n) is 32.4. The smallest absolute Gasteiger partial charge is 0.125 e. The van der Waals surface area contributed by atoms with E-state index >= 15 is 0 Å². The number of benzene rings is 6. The molecule has 0 heterocycles. The van der Waals surface area contributed by atoms with E-state index in [9.17, 15) is 10.2 Å². The Labute approximate surface area is 350 Å². The molecule has 0 saturated carbocycles. The Hall–Kier alpha value is -3.18. The lowest BCUT2D eigenvalue weighted by Gasteiger charge is -2.32. The highest BCUT2D eigenvalue weighted by molar-refractivity contribution is 8.77. The molecule has 284 valence electrons. The number of aryl methyl sites for hydroxylation is 6. The fourth-order valence-electron chi connectivity index (χ4n) is 6.58. The van der Waals surface area contributed by atoms with E-state index in [4.69, 9.17) is 4.74 Å². The van der Waals surface area contributed by atoms with Crippen molar-refractivity contribution in [2.75, 3.05) is 6.61 Å². The lowest BCUT2D eigenvalue weighted by Crippen LogP contribution is -2.25. The molecule has 0 spiro atoms. The van der Waals surface area contributed by atoms with E-state index in [0.29, 0.717) is 18.1 Å². The van der Waals surface area contributed by atoms with Crippen LogP contribution in [0, 0.1) is 41.5 Å². The first-order chi connectivity index (χ1) is 26.3. The molecule has 55 heavy (non-hydrogen) atoms. The maximum absolute atomic E-state index is 10.2. The summed E-state index contributed by atoms with van der Waals surface area (Å²) >= 11 is 0. The van der Waals surface area contributed by atoms with Gasteiger partial charge < -0.3 is 14.9 Å². The molecule has 0 aliphatic heterocycles. The van der Waals surface area contributed by atoms with Gasteiger partial charge in [-0.2, -0.15) is 0 Å². The third-order valence-electron chi connectivity index (χ3n) is 9.65. The SMILES string of the molecule is CCOc1c(C)cc(SSc2ccc(C(C)(c3ccc(SSc4cc(C)c(O)c(C)c4)cc3)c3ccc(SSc4cc(C)c(O)c(C)c4)cc3)cc2)cc1C. The molecule has 3 nitrogen and oxygen atoms in total. The molecule has 0 fully saturated rings. The van der Waals surface area contributed by atoms with Gasteiger partial charge in [-0.3, -0.25) is 0 Å². The predicted molar refractivity (Wildman–Crippen MR) is 242 cm³/mol. The van der Waals surface area contributed by atoms with Crippen LogP contribution in [0.3, 0.4) is 0 Å². The van der Waals surface area contributed by atoms with E-state index < -0.39 is 5.41 Å². The zero-order valence-corrected chi connectivity index (χ0v) is 37.3. The Morgan fingerprint density at radius 1 is 0.418 bits per heavy atom. The second-order valence-electron chi connectivity index (χ2n) is 13.8. The summed E-state index contributed by atoms with van der Waals surface area (Å²) in [6.45, 7) is 17.0. The van der Waals surface area contributed by atoms with Crippen LogP contribution in [0.2, 0.25) is 0 Å². The van der Waals surface area contributed by atoms with Gasteiger partial charge in [0.15, 0.2) is 0 Å². The van der Waals surface area contributed by atoms with E-state index in [1.165, 1.54) is 36.3 Å². The van der Waals surface area contributed by atoms with E-state index in [1.54, 1.807) is 64.8 Å². The first-order valence-electron chi connectivity index (χ1n) is 18.1. The lowest BCUT2D eigenvalue weighted by molar-refractivity contribution is 0.335. The summed E-state index contributed by atoms with van der Waals surface area (Å²) < 4.78 is 5.86. The van der Waals surface area contributed by atoms with Gasteiger partial charge in [0.05, 0.1) is 6.61 Å². The Kier molecular flexibility index (Phi) is 13.9. The van der Waals surface area contributed by atoms with Crippen molar-refractivity contribution < 1.29 is 14.9 Å². The molecule has 0 amide bonds. The standard InChI is InChI=1S/C46H46O3S6/c1-9-49-45-32(6)26-42(27-33(45)7)55-52-39-20-14-36(15-21-39)46(8,34-10-16-37(17-11-34)50-53-40-22-28(2)43(47)29(3)23-40)35-12-18-38(19-13-35)51-54-41-24-30(4)44(48)31(5)25-41/h10-27,47-48H,9H2,1-8H3. The summed E-state index contributed by atoms with van der Waals surface area (Å²) in [6.07, 6.45) is 0. The summed E-state index contributed by atoms with van der Waals surface area (Å²) in [5.74, 6) is 1.73. The molecule has 6 rings (SSSR count). The molecule has 6 aromatic carbocycles. The molecule has 2 N–H and O–H groups in total. The largest absolute Gasteiger partial charge is 0.507 e. The van der Waals surface area contributed by atoms with Crippen LogP contribution >= 0.6 is 64.8 Å². The molecule has 0 saturated heterocycles.